The minimum absolute atomic E-state index is 0.0232. The van der Waals surface area contributed by atoms with E-state index < -0.39 is 17.1 Å². The average Bonchev–Trinajstić information content (AvgIpc) is 3.33. The second-order valence-electron chi connectivity index (χ2n) is 18.7. The number of aliphatic hydroxyl groups is 1. The Morgan fingerprint density at radius 1 is 0.980 bits per heavy atom. The Morgan fingerprint density at radius 2 is 1.65 bits per heavy atom. The van der Waals surface area contributed by atoms with E-state index in [1.807, 2.05) is 32.9 Å². The summed E-state index contributed by atoms with van der Waals surface area (Å²) >= 11 is 6.16. The molecule has 0 spiro atoms. The molecule has 0 saturated heterocycles. The van der Waals surface area contributed by atoms with Gasteiger partial charge in [0.25, 0.3) is 0 Å². The standard InChI is InChI=1S/C42H60ClNO5/c1-25(2)35-32(46)22-42(34(47)24-44(37(48)49-38(4,5)6)23-27-10-12-28(43)13-11-27)21-20-40(8)30(36(35)42)14-15-33-39(7)18-17-31(45)26(3)29(39)16-19-41(33,40)9/h10-13,25-26,29-31,33,45H,14-24H2,1-9H3/t26?,29-,30+,31-,33+,39-,40+,41+,42-/m0/s1. The molecule has 1 unspecified atom stereocenters. The van der Waals surface area contributed by atoms with E-state index in [9.17, 15) is 14.7 Å². The molecule has 49 heavy (non-hydrogen) atoms. The van der Waals surface area contributed by atoms with Crippen molar-refractivity contribution in [2.24, 2.45) is 51.2 Å². The summed E-state index contributed by atoms with van der Waals surface area (Å²) in [4.78, 5) is 44.3. The number of Topliss-reactive ketones (excluding diaryl/α,β-unsaturated/α-hetero) is 2. The fraction of sp³-hybridized carbons (Fsp3) is 0.738. The zero-order valence-electron chi connectivity index (χ0n) is 31.5. The van der Waals surface area contributed by atoms with Gasteiger partial charge in [-0.2, -0.15) is 0 Å². The molecule has 0 aliphatic heterocycles. The number of ketones is 2. The number of rotatable bonds is 6. The summed E-state index contributed by atoms with van der Waals surface area (Å²) in [5.74, 6) is 1.63. The van der Waals surface area contributed by atoms with E-state index in [2.05, 4.69) is 41.5 Å². The Morgan fingerprint density at radius 3 is 2.29 bits per heavy atom. The molecule has 0 heterocycles. The number of fused-ring (bicyclic) bond motifs is 7. The maximum Gasteiger partial charge on any atom is 0.410 e. The number of benzene rings is 1. The van der Waals surface area contributed by atoms with Crippen molar-refractivity contribution >= 4 is 29.3 Å². The summed E-state index contributed by atoms with van der Waals surface area (Å²) < 4.78 is 5.83. The van der Waals surface area contributed by atoms with Crippen LogP contribution in [0, 0.1) is 51.2 Å². The van der Waals surface area contributed by atoms with Gasteiger partial charge in [0, 0.05) is 18.0 Å². The van der Waals surface area contributed by atoms with Crippen molar-refractivity contribution in [1.82, 2.24) is 4.90 Å². The van der Waals surface area contributed by atoms with Crippen LogP contribution in [0.2, 0.25) is 5.02 Å². The number of hydrogen-bond acceptors (Lipinski definition) is 5. The van der Waals surface area contributed by atoms with Crippen molar-refractivity contribution in [2.75, 3.05) is 6.54 Å². The number of ether oxygens (including phenoxy) is 1. The van der Waals surface area contributed by atoms with Gasteiger partial charge < -0.3 is 9.84 Å². The molecule has 0 bridgehead atoms. The fourth-order valence-electron chi connectivity index (χ4n) is 12.2. The molecule has 6 nitrogen and oxygen atoms in total. The van der Waals surface area contributed by atoms with Gasteiger partial charge in [-0.1, -0.05) is 65.3 Å². The largest absolute Gasteiger partial charge is 0.444 e. The fourth-order valence-corrected chi connectivity index (χ4v) is 12.3. The van der Waals surface area contributed by atoms with Gasteiger partial charge in [0.05, 0.1) is 18.1 Å². The highest BCUT2D eigenvalue weighted by molar-refractivity contribution is 6.30. The molecule has 4 fully saturated rings. The molecule has 5 aliphatic rings. The molecule has 7 heteroatoms. The van der Waals surface area contributed by atoms with Crippen LogP contribution in [0.5, 0.6) is 0 Å². The number of aliphatic hydroxyl groups excluding tert-OH is 1. The highest BCUT2D eigenvalue weighted by Gasteiger charge is 2.69. The van der Waals surface area contributed by atoms with Crippen molar-refractivity contribution in [3.63, 3.8) is 0 Å². The van der Waals surface area contributed by atoms with Gasteiger partial charge in [-0.3, -0.25) is 14.5 Å². The van der Waals surface area contributed by atoms with E-state index in [4.69, 9.17) is 16.3 Å². The van der Waals surface area contributed by atoms with Crippen LogP contribution in [0.3, 0.4) is 0 Å². The van der Waals surface area contributed by atoms with Crippen molar-refractivity contribution in [1.29, 1.82) is 0 Å². The summed E-state index contributed by atoms with van der Waals surface area (Å²) in [6.45, 7) is 19.6. The van der Waals surface area contributed by atoms with Crippen LogP contribution in [0.4, 0.5) is 4.79 Å². The number of allylic oxidation sites excluding steroid dienone is 2. The summed E-state index contributed by atoms with van der Waals surface area (Å²) in [5.41, 5.74) is 1.42. The van der Waals surface area contributed by atoms with Crippen molar-refractivity contribution in [2.45, 2.75) is 138 Å². The normalized spacial score (nSPS) is 38.8. The van der Waals surface area contributed by atoms with Gasteiger partial charge in [0.15, 0.2) is 11.6 Å². The first-order chi connectivity index (χ1) is 22.8. The Hall–Kier alpha value is -2.18. The molecule has 6 rings (SSSR count). The van der Waals surface area contributed by atoms with Gasteiger partial charge in [0.2, 0.25) is 0 Å². The predicted molar refractivity (Wildman–Crippen MR) is 194 cm³/mol. The third-order valence-corrected chi connectivity index (χ3v) is 15.0. The molecule has 1 aromatic rings. The SMILES string of the molecule is CC(C)C1=C2[C@H]3CC[C@@H]4[C@@]5(C)CC[C@H](O)C(C)[C@@H]5CC[C@@]4(C)[C@]3(C)CC[C@@]2(C(=O)CN(Cc2ccc(Cl)cc2)C(=O)OC(C)(C)C)CC1=O. The van der Waals surface area contributed by atoms with Gasteiger partial charge >= 0.3 is 6.09 Å². The minimum Gasteiger partial charge on any atom is -0.444 e. The topological polar surface area (TPSA) is 83.9 Å². The van der Waals surface area contributed by atoms with Crippen LogP contribution in [0.1, 0.15) is 126 Å². The van der Waals surface area contributed by atoms with Gasteiger partial charge in [0.1, 0.15) is 5.60 Å². The summed E-state index contributed by atoms with van der Waals surface area (Å²) in [6.07, 6.45) is 7.24. The molecule has 5 aliphatic carbocycles. The van der Waals surface area contributed by atoms with Crippen LogP contribution in [-0.4, -0.2) is 45.9 Å². The minimum atomic E-state index is -0.894. The smallest absolute Gasteiger partial charge is 0.410 e. The van der Waals surface area contributed by atoms with Crippen molar-refractivity contribution in [3.05, 3.63) is 46.0 Å². The Kier molecular flexibility index (Phi) is 9.34. The summed E-state index contributed by atoms with van der Waals surface area (Å²) in [7, 11) is 0. The Balaban J connectivity index is 1.37. The third kappa shape index (κ3) is 5.83. The lowest BCUT2D eigenvalue weighted by Crippen LogP contribution is -2.64. The van der Waals surface area contributed by atoms with E-state index in [-0.39, 0.29) is 65.3 Å². The molecule has 0 aromatic heterocycles. The van der Waals surface area contributed by atoms with Crippen LogP contribution in [-0.2, 0) is 20.9 Å². The molecular formula is C42H60ClNO5. The summed E-state index contributed by atoms with van der Waals surface area (Å²) in [5, 5.41) is 11.5. The zero-order valence-corrected chi connectivity index (χ0v) is 32.2. The van der Waals surface area contributed by atoms with E-state index in [1.54, 1.807) is 12.1 Å². The third-order valence-electron chi connectivity index (χ3n) is 14.8. The van der Waals surface area contributed by atoms with Gasteiger partial charge in [-0.25, -0.2) is 4.79 Å². The quantitative estimate of drug-likeness (QED) is 0.321. The lowest BCUT2D eigenvalue weighted by molar-refractivity contribution is -0.211. The number of carbonyl (C=O) groups excluding carboxylic acids is 3. The highest BCUT2D eigenvalue weighted by atomic mass is 35.5. The highest BCUT2D eigenvalue weighted by Crippen LogP contribution is 2.75. The van der Waals surface area contributed by atoms with E-state index >= 15 is 4.79 Å². The predicted octanol–water partition coefficient (Wildman–Crippen LogP) is 9.60. The number of hydrogen-bond donors (Lipinski definition) is 1. The van der Waals surface area contributed by atoms with Gasteiger partial charge in [-0.05, 0) is 147 Å². The first-order valence-electron chi connectivity index (χ1n) is 19.0. The lowest BCUT2D eigenvalue weighted by Gasteiger charge is -2.71. The number of halogens is 1. The van der Waals surface area contributed by atoms with Crippen molar-refractivity contribution < 1.29 is 24.2 Å². The lowest BCUT2D eigenvalue weighted by atomic mass is 9.34. The first-order valence-corrected chi connectivity index (χ1v) is 19.4. The van der Waals surface area contributed by atoms with Crippen molar-refractivity contribution in [3.8, 4) is 0 Å². The molecule has 0 radical (unpaired) electrons. The maximum atomic E-state index is 15.0. The molecule has 9 atom stereocenters. The first kappa shape index (κ1) is 36.6. The van der Waals surface area contributed by atoms with E-state index in [1.165, 1.54) is 4.90 Å². The number of carbonyl (C=O) groups is 3. The van der Waals surface area contributed by atoms with Gasteiger partial charge in [-0.15, -0.1) is 0 Å². The Labute approximate surface area is 299 Å². The van der Waals surface area contributed by atoms with E-state index in [0.29, 0.717) is 29.2 Å². The molecule has 4 saturated carbocycles. The molecule has 1 aromatic carbocycles. The zero-order chi connectivity index (χ0) is 35.9. The molecule has 270 valence electrons. The monoisotopic (exact) mass is 693 g/mol. The maximum absolute atomic E-state index is 15.0. The number of nitrogens with zero attached hydrogens (tertiary/aromatic N) is 1. The second kappa shape index (κ2) is 12.5. The van der Waals surface area contributed by atoms with E-state index in [0.717, 1.165) is 61.7 Å². The number of amides is 1. The van der Waals surface area contributed by atoms with Crippen LogP contribution < -0.4 is 0 Å². The van der Waals surface area contributed by atoms with Crippen LogP contribution in [0.15, 0.2) is 35.4 Å². The average molecular weight is 694 g/mol. The summed E-state index contributed by atoms with van der Waals surface area (Å²) in [6, 6.07) is 7.33. The Bertz CT molecular complexity index is 1530. The molecule has 1 N–H and O–H groups in total. The second-order valence-corrected chi connectivity index (χ2v) is 19.1. The van der Waals surface area contributed by atoms with Crippen LogP contribution in [0.25, 0.3) is 0 Å². The molecule has 1 amide bonds. The molecular weight excluding hydrogens is 634 g/mol. The van der Waals surface area contributed by atoms with Crippen LogP contribution >= 0.6 is 11.6 Å².